The first-order chi connectivity index (χ1) is 18.4. The van der Waals surface area contributed by atoms with Crippen molar-refractivity contribution in [3.8, 4) is 6.07 Å². The van der Waals surface area contributed by atoms with Gasteiger partial charge in [0.2, 0.25) is 5.91 Å². The summed E-state index contributed by atoms with van der Waals surface area (Å²) >= 11 is 0. The van der Waals surface area contributed by atoms with Crippen LogP contribution in [0.1, 0.15) is 30.9 Å². The van der Waals surface area contributed by atoms with Gasteiger partial charge in [-0.2, -0.15) is 5.26 Å². The van der Waals surface area contributed by atoms with Crippen LogP contribution in [0, 0.1) is 33.3 Å². The molecule has 0 radical (unpaired) electrons. The van der Waals surface area contributed by atoms with E-state index in [4.69, 9.17) is 4.74 Å². The van der Waals surface area contributed by atoms with Crippen LogP contribution in [0.5, 0.6) is 0 Å². The summed E-state index contributed by atoms with van der Waals surface area (Å²) in [5, 5.41) is 21.1. The molecule has 3 atom stereocenters. The molecule has 0 saturated carbocycles. The van der Waals surface area contributed by atoms with E-state index in [0.717, 1.165) is 23.4 Å². The number of carbonyl (C=O) groups is 2. The Morgan fingerprint density at radius 3 is 2.71 bits per heavy atom. The van der Waals surface area contributed by atoms with Crippen LogP contribution in [-0.4, -0.2) is 67.1 Å². The molecule has 3 unspecified atom stereocenters. The number of ether oxygens (including phenoxy) is 1. The van der Waals surface area contributed by atoms with Crippen molar-refractivity contribution in [3.63, 3.8) is 0 Å². The third kappa shape index (κ3) is 4.76. The lowest BCUT2D eigenvalue weighted by Gasteiger charge is -2.50. The molecular weight excluding hydrogens is 486 g/mol. The monoisotopic (exact) mass is 517 g/mol. The van der Waals surface area contributed by atoms with Crippen molar-refractivity contribution >= 4 is 28.9 Å². The van der Waals surface area contributed by atoms with Crippen LogP contribution in [0.25, 0.3) is 0 Å². The number of hydrogen-bond acceptors (Lipinski definition) is 8. The lowest BCUT2D eigenvalue weighted by atomic mass is 9.82. The molecule has 3 heterocycles. The molecule has 0 aromatic heterocycles. The molecule has 2 aromatic carbocycles. The summed E-state index contributed by atoms with van der Waals surface area (Å²) in [6, 6.07) is 14.5. The fourth-order valence-electron chi connectivity index (χ4n) is 6.13. The Kier molecular flexibility index (Phi) is 7.18. The minimum Gasteiger partial charge on any atom is -0.466 e. The van der Waals surface area contributed by atoms with E-state index in [1.165, 1.54) is 6.07 Å². The molecule has 0 N–H and O–H groups in total. The summed E-state index contributed by atoms with van der Waals surface area (Å²) < 4.78 is 5.23. The standard InChI is InChI=1S/C28H31N5O5/c1-2-38-28(35)20-7-5-11-31(17-20)27(34)23-15-21-14-22(33(36)37)9-10-25(21)32-13-12-30(18-26(23)32)24-8-4-3-6-19(24)16-29/h3-4,6,8-10,14,20,23,26H,2,5,7,11-13,15,17-18H2,1H3. The van der Waals surface area contributed by atoms with Crippen molar-refractivity contribution in [2.24, 2.45) is 11.8 Å². The third-order valence-corrected chi connectivity index (χ3v) is 7.94. The maximum Gasteiger partial charge on any atom is 0.310 e. The maximum atomic E-state index is 14.1. The largest absolute Gasteiger partial charge is 0.466 e. The number of anilines is 2. The summed E-state index contributed by atoms with van der Waals surface area (Å²) in [7, 11) is 0. The van der Waals surface area contributed by atoms with Crippen LogP contribution < -0.4 is 9.80 Å². The van der Waals surface area contributed by atoms with Crippen molar-refractivity contribution in [1.82, 2.24) is 4.90 Å². The fourth-order valence-corrected chi connectivity index (χ4v) is 6.13. The molecule has 2 fully saturated rings. The molecule has 5 rings (SSSR count). The number of nitriles is 1. The van der Waals surface area contributed by atoms with Crippen molar-refractivity contribution in [3.05, 3.63) is 63.7 Å². The van der Waals surface area contributed by atoms with Gasteiger partial charge in [-0.3, -0.25) is 19.7 Å². The summed E-state index contributed by atoms with van der Waals surface area (Å²) in [5.74, 6) is -1.09. The Hall–Kier alpha value is -4.13. The van der Waals surface area contributed by atoms with Crippen molar-refractivity contribution in [2.45, 2.75) is 32.2 Å². The number of para-hydroxylation sites is 1. The second kappa shape index (κ2) is 10.7. The minimum atomic E-state index is -0.442. The van der Waals surface area contributed by atoms with Gasteiger partial charge in [0.25, 0.3) is 5.69 Å². The van der Waals surface area contributed by atoms with E-state index in [9.17, 15) is 25.0 Å². The van der Waals surface area contributed by atoms with E-state index >= 15 is 0 Å². The zero-order chi connectivity index (χ0) is 26.8. The Labute approximate surface area is 221 Å². The molecule has 10 heteroatoms. The SMILES string of the molecule is CCOC(=O)C1CCCN(C(=O)C2Cc3cc([N+](=O)[O-])ccc3N3CCN(c4ccccc4C#N)CC23)C1. The number of nitro benzene ring substituents is 1. The zero-order valence-corrected chi connectivity index (χ0v) is 21.4. The number of hydrogen-bond donors (Lipinski definition) is 0. The number of piperidine rings is 1. The predicted octanol–water partition coefficient (Wildman–Crippen LogP) is 3.14. The van der Waals surface area contributed by atoms with Crippen LogP contribution in [-0.2, 0) is 20.7 Å². The van der Waals surface area contributed by atoms with E-state index in [0.29, 0.717) is 57.7 Å². The first-order valence-electron chi connectivity index (χ1n) is 13.1. The summed E-state index contributed by atoms with van der Waals surface area (Å²) in [6.07, 6.45) is 1.79. The molecule has 0 bridgehead atoms. The molecule has 2 aromatic rings. The molecule has 0 spiro atoms. The number of rotatable bonds is 5. The van der Waals surface area contributed by atoms with E-state index in [2.05, 4.69) is 15.9 Å². The lowest BCUT2D eigenvalue weighted by molar-refractivity contribution is -0.384. The third-order valence-electron chi connectivity index (χ3n) is 7.94. The minimum absolute atomic E-state index is 0.00956. The Morgan fingerprint density at radius 1 is 1.13 bits per heavy atom. The molecule has 10 nitrogen and oxygen atoms in total. The van der Waals surface area contributed by atoms with Crippen LogP contribution in [0.3, 0.4) is 0 Å². The Balaban J connectivity index is 1.47. The van der Waals surface area contributed by atoms with Gasteiger partial charge in [-0.1, -0.05) is 12.1 Å². The molecule has 0 aliphatic carbocycles. The zero-order valence-electron chi connectivity index (χ0n) is 21.4. The quantitative estimate of drug-likeness (QED) is 0.337. The second-order valence-electron chi connectivity index (χ2n) is 10.1. The van der Waals surface area contributed by atoms with E-state index in [1.807, 2.05) is 18.2 Å². The van der Waals surface area contributed by atoms with Gasteiger partial charge in [-0.15, -0.1) is 0 Å². The van der Waals surface area contributed by atoms with Crippen LogP contribution >= 0.6 is 0 Å². The van der Waals surface area contributed by atoms with Gasteiger partial charge in [0.1, 0.15) is 6.07 Å². The number of esters is 1. The lowest BCUT2D eigenvalue weighted by Crippen LogP contribution is -2.62. The van der Waals surface area contributed by atoms with Crippen molar-refractivity contribution in [1.29, 1.82) is 5.26 Å². The van der Waals surface area contributed by atoms with Gasteiger partial charge in [-0.05, 0) is 49.9 Å². The van der Waals surface area contributed by atoms with Gasteiger partial charge >= 0.3 is 5.97 Å². The number of non-ortho nitro benzene ring substituents is 1. The number of amides is 1. The second-order valence-corrected chi connectivity index (χ2v) is 10.1. The van der Waals surface area contributed by atoms with E-state index in [1.54, 1.807) is 30.0 Å². The normalized spacial score (nSPS) is 22.6. The Bertz CT molecular complexity index is 1290. The summed E-state index contributed by atoms with van der Waals surface area (Å²) in [6.45, 7) is 4.78. The highest BCUT2D eigenvalue weighted by molar-refractivity contribution is 5.84. The average Bonchev–Trinajstić information content (AvgIpc) is 2.95. The number of carbonyl (C=O) groups excluding carboxylic acids is 2. The number of nitrogens with zero attached hydrogens (tertiary/aromatic N) is 5. The Morgan fingerprint density at radius 2 is 1.95 bits per heavy atom. The highest BCUT2D eigenvalue weighted by Crippen LogP contribution is 2.40. The molecule has 3 aliphatic heterocycles. The summed E-state index contributed by atoms with van der Waals surface area (Å²) in [4.78, 5) is 43.7. The molecule has 2 saturated heterocycles. The highest BCUT2D eigenvalue weighted by atomic mass is 16.6. The number of benzene rings is 2. The van der Waals surface area contributed by atoms with E-state index in [-0.39, 0.29) is 29.5 Å². The summed E-state index contributed by atoms with van der Waals surface area (Å²) in [5.41, 5.74) is 3.15. The van der Waals surface area contributed by atoms with E-state index < -0.39 is 10.8 Å². The van der Waals surface area contributed by atoms with Gasteiger partial charge in [0.05, 0.1) is 40.7 Å². The molecular formula is C28H31N5O5. The number of likely N-dealkylation sites (tertiary alicyclic amines) is 1. The van der Waals surface area contributed by atoms with Crippen LogP contribution in [0.15, 0.2) is 42.5 Å². The molecule has 3 aliphatic rings. The number of nitro groups is 1. The van der Waals surface area contributed by atoms with Gasteiger partial charge in [0.15, 0.2) is 0 Å². The van der Waals surface area contributed by atoms with Gasteiger partial charge in [-0.25, -0.2) is 0 Å². The van der Waals surface area contributed by atoms with Crippen LogP contribution in [0.4, 0.5) is 17.1 Å². The molecule has 38 heavy (non-hydrogen) atoms. The average molecular weight is 518 g/mol. The smallest absolute Gasteiger partial charge is 0.310 e. The fraction of sp³-hybridized carbons (Fsp3) is 0.464. The van der Waals surface area contributed by atoms with Gasteiger partial charge in [0, 0.05) is 50.5 Å². The highest BCUT2D eigenvalue weighted by Gasteiger charge is 2.44. The molecule has 198 valence electrons. The predicted molar refractivity (Wildman–Crippen MR) is 141 cm³/mol. The first-order valence-corrected chi connectivity index (χ1v) is 13.1. The van der Waals surface area contributed by atoms with Gasteiger partial charge < -0.3 is 19.4 Å². The number of fused-ring (bicyclic) bond motifs is 3. The maximum absolute atomic E-state index is 14.1. The van der Waals surface area contributed by atoms with Crippen molar-refractivity contribution in [2.75, 3.05) is 49.1 Å². The number of piperazine rings is 1. The topological polar surface area (TPSA) is 120 Å². The van der Waals surface area contributed by atoms with Crippen molar-refractivity contribution < 1.29 is 19.2 Å². The first kappa shape index (κ1) is 25.5. The molecule has 1 amide bonds. The van der Waals surface area contributed by atoms with Crippen LogP contribution in [0.2, 0.25) is 0 Å².